The Bertz CT molecular complexity index is 598. The van der Waals surface area contributed by atoms with E-state index in [2.05, 4.69) is 20.9 Å². The molecule has 1 unspecified atom stereocenters. The first-order chi connectivity index (χ1) is 12.7. The van der Waals surface area contributed by atoms with Gasteiger partial charge in [-0.25, -0.2) is 4.39 Å². The van der Waals surface area contributed by atoms with Gasteiger partial charge in [0.25, 0.3) is 5.91 Å². The molecule has 2 rings (SSSR count). The summed E-state index contributed by atoms with van der Waals surface area (Å²) in [6, 6.07) is 5.90. The molecule has 1 aliphatic rings. The molecule has 1 atom stereocenters. The molecule has 1 fully saturated rings. The smallest absolute Gasteiger partial charge is 0.254 e. The summed E-state index contributed by atoms with van der Waals surface area (Å²) in [5, 5.41) is 8.94. The van der Waals surface area contributed by atoms with Gasteiger partial charge < -0.3 is 25.4 Å². The van der Waals surface area contributed by atoms with Crippen LogP contribution in [-0.2, 0) is 9.47 Å². The van der Waals surface area contributed by atoms with E-state index in [1.54, 1.807) is 19.2 Å². The zero-order valence-corrected chi connectivity index (χ0v) is 17.8. The summed E-state index contributed by atoms with van der Waals surface area (Å²) in [6.45, 7) is 3.72. The minimum absolute atomic E-state index is 0. The van der Waals surface area contributed by atoms with E-state index < -0.39 is 11.7 Å². The van der Waals surface area contributed by atoms with Gasteiger partial charge in [0.1, 0.15) is 5.82 Å². The van der Waals surface area contributed by atoms with Gasteiger partial charge in [-0.05, 0) is 25.0 Å². The molecule has 1 aromatic rings. The lowest BCUT2D eigenvalue weighted by Gasteiger charge is -2.13. The number of halogens is 2. The maximum absolute atomic E-state index is 13.5. The zero-order chi connectivity index (χ0) is 18.6. The number of ether oxygens (including phenoxy) is 2. The predicted octanol–water partition coefficient (Wildman–Crippen LogP) is 1.53. The van der Waals surface area contributed by atoms with E-state index in [9.17, 15) is 9.18 Å². The topological polar surface area (TPSA) is 84.0 Å². The third-order valence-corrected chi connectivity index (χ3v) is 3.90. The Balaban J connectivity index is 0.00000364. The normalized spacial score (nSPS) is 16.5. The number of nitrogens with one attached hydrogen (secondary N) is 3. The van der Waals surface area contributed by atoms with Gasteiger partial charge in [0.05, 0.1) is 18.3 Å². The lowest BCUT2D eigenvalue weighted by molar-refractivity contribution is 0.0420. The molecule has 1 aliphatic heterocycles. The number of nitrogens with zero attached hydrogens (tertiary/aromatic N) is 1. The largest absolute Gasteiger partial charge is 0.379 e. The van der Waals surface area contributed by atoms with Crippen LogP contribution in [0.25, 0.3) is 0 Å². The summed E-state index contributed by atoms with van der Waals surface area (Å²) in [5.41, 5.74) is 0.0441. The van der Waals surface area contributed by atoms with Crippen molar-refractivity contribution in [1.82, 2.24) is 16.0 Å². The molecule has 1 heterocycles. The summed E-state index contributed by atoms with van der Waals surface area (Å²) in [5.74, 6) is -0.308. The maximum Gasteiger partial charge on any atom is 0.254 e. The van der Waals surface area contributed by atoms with Crippen LogP contribution in [-0.4, -0.2) is 64.5 Å². The minimum atomic E-state index is -0.526. The van der Waals surface area contributed by atoms with Crippen LogP contribution < -0.4 is 16.0 Å². The number of rotatable bonds is 9. The molecule has 152 valence electrons. The first-order valence-electron chi connectivity index (χ1n) is 8.87. The number of aliphatic imine (C=N–C) groups is 1. The van der Waals surface area contributed by atoms with Crippen molar-refractivity contribution in [3.05, 3.63) is 35.6 Å². The Labute approximate surface area is 176 Å². The third-order valence-electron chi connectivity index (χ3n) is 3.90. The molecule has 27 heavy (non-hydrogen) atoms. The van der Waals surface area contributed by atoms with Crippen LogP contribution in [0.2, 0.25) is 0 Å². The molecule has 0 aliphatic carbocycles. The van der Waals surface area contributed by atoms with E-state index in [1.807, 2.05) is 0 Å². The maximum atomic E-state index is 13.5. The first-order valence-corrected chi connectivity index (χ1v) is 8.87. The molecule has 0 saturated carbocycles. The monoisotopic (exact) mass is 494 g/mol. The Morgan fingerprint density at radius 1 is 1.26 bits per heavy atom. The van der Waals surface area contributed by atoms with E-state index in [-0.39, 0.29) is 35.6 Å². The van der Waals surface area contributed by atoms with Gasteiger partial charge in [-0.1, -0.05) is 12.1 Å². The highest BCUT2D eigenvalue weighted by Gasteiger charge is 2.15. The molecule has 1 saturated heterocycles. The average molecular weight is 494 g/mol. The Morgan fingerprint density at radius 3 is 2.70 bits per heavy atom. The van der Waals surface area contributed by atoms with Gasteiger partial charge in [0.15, 0.2) is 5.96 Å². The zero-order valence-electron chi connectivity index (χ0n) is 15.5. The highest BCUT2D eigenvalue weighted by molar-refractivity contribution is 14.0. The minimum Gasteiger partial charge on any atom is -0.379 e. The fourth-order valence-electron chi connectivity index (χ4n) is 2.49. The van der Waals surface area contributed by atoms with Crippen molar-refractivity contribution in [2.45, 2.75) is 18.9 Å². The van der Waals surface area contributed by atoms with Crippen molar-refractivity contribution in [3.63, 3.8) is 0 Å². The van der Waals surface area contributed by atoms with Gasteiger partial charge >= 0.3 is 0 Å². The second kappa shape index (κ2) is 13.7. The number of hydrogen-bond acceptors (Lipinski definition) is 4. The quantitative estimate of drug-likeness (QED) is 0.210. The van der Waals surface area contributed by atoms with Gasteiger partial charge in [0, 0.05) is 39.9 Å². The van der Waals surface area contributed by atoms with Crippen LogP contribution in [0.3, 0.4) is 0 Å². The van der Waals surface area contributed by atoms with Crippen molar-refractivity contribution in [3.8, 4) is 0 Å². The summed E-state index contributed by atoms with van der Waals surface area (Å²) in [4.78, 5) is 16.0. The number of carbonyl (C=O) groups excluding carboxylic acids is 1. The molecular weight excluding hydrogens is 466 g/mol. The molecule has 9 heteroatoms. The van der Waals surface area contributed by atoms with E-state index in [0.717, 1.165) is 26.0 Å². The van der Waals surface area contributed by atoms with Crippen LogP contribution in [0.15, 0.2) is 29.3 Å². The Hall–Kier alpha value is -1.46. The SMILES string of the molecule is CN=C(NCCCOC1CCOC1)NCCNC(=O)c1ccccc1F.I. The van der Waals surface area contributed by atoms with Crippen molar-refractivity contribution in [1.29, 1.82) is 0 Å². The molecule has 0 aromatic heterocycles. The van der Waals surface area contributed by atoms with E-state index >= 15 is 0 Å². The third kappa shape index (κ3) is 8.85. The van der Waals surface area contributed by atoms with Crippen LogP contribution in [0.1, 0.15) is 23.2 Å². The second-order valence-electron chi connectivity index (χ2n) is 5.87. The summed E-state index contributed by atoms with van der Waals surface area (Å²) in [7, 11) is 1.68. The molecule has 1 amide bonds. The molecule has 3 N–H and O–H groups in total. The number of benzene rings is 1. The van der Waals surface area contributed by atoms with E-state index in [4.69, 9.17) is 9.47 Å². The van der Waals surface area contributed by atoms with Crippen LogP contribution in [0.4, 0.5) is 4.39 Å². The summed E-state index contributed by atoms with van der Waals surface area (Å²) in [6.07, 6.45) is 2.06. The number of guanidine groups is 1. The standard InChI is InChI=1S/C18H27FN4O3.HI/c1-20-18(22-8-4-11-26-14-7-12-25-13-14)23-10-9-21-17(24)15-5-2-3-6-16(15)19;/h2-3,5-6,14H,4,7-13H2,1H3,(H,21,24)(H2,20,22,23);1H. The van der Waals surface area contributed by atoms with E-state index in [0.29, 0.717) is 32.3 Å². The Kier molecular flexibility index (Phi) is 11.9. The molecular formula is C18H28FIN4O3. The summed E-state index contributed by atoms with van der Waals surface area (Å²) >= 11 is 0. The van der Waals surface area contributed by atoms with Crippen molar-refractivity contribution in [2.75, 3.05) is 46.5 Å². The highest BCUT2D eigenvalue weighted by Crippen LogP contribution is 2.08. The van der Waals surface area contributed by atoms with Crippen LogP contribution in [0.5, 0.6) is 0 Å². The molecule has 0 bridgehead atoms. The number of hydrogen-bond donors (Lipinski definition) is 3. The lowest BCUT2D eigenvalue weighted by atomic mass is 10.2. The molecule has 7 nitrogen and oxygen atoms in total. The average Bonchev–Trinajstić information content (AvgIpc) is 3.16. The Morgan fingerprint density at radius 2 is 2.00 bits per heavy atom. The number of carbonyl (C=O) groups is 1. The molecule has 1 aromatic carbocycles. The fraction of sp³-hybridized carbons (Fsp3) is 0.556. The predicted molar refractivity (Wildman–Crippen MR) is 113 cm³/mol. The second-order valence-corrected chi connectivity index (χ2v) is 5.87. The summed E-state index contributed by atoms with van der Waals surface area (Å²) < 4.78 is 24.5. The lowest BCUT2D eigenvalue weighted by Crippen LogP contribution is -2.42. The van der Waals surface area contributed by atoms with Crippen LogP contribution >= 0.6 is 24.0 Å². The van der Waals surface area contributed by atoms with Gasteiger partial charge in [-0.3, -0.25) is 9.79 Å². The molecule has 0 radical (unpaired) electrons. The van der Waals surface area contributed by atoms with Gasteiger partial charge in [-0.2, -0.15) is 0 Å². The van der Waals surface area contributed by atoms with Crippen LogP contribution in [0, 0.1) is 5.82 Å². The number of amides is 1. The van der Waals surface area contributed by atoms with Crippen molar-refractivity contribution in [2.24, 2.45) is 4.99 Å². The van der Waals surface area contributed by atoms with E-state index in [1.165, 1.54) is 12.1 Å². The fourth-order valence-corrected chi connectivity index (χ4v) is 2.49. The van der Waals surface area contributed by atoms with Gasteiger partial charge in [-0.15, -0.1) is 24.0 Å². The van der Waals surface area contributed by atoms with Gasteiger partial charge in [0.2, 0.25) is 0 Å². The van der Waals surface area contributed by atoms with Crippen molar-refractivity contribution < 1.29 is 18.7 Å². The first kappa shape index (κ1) is 23.6. The highest BCUT2D eigenvalue weighted by atomic mass is 127. The van der Waals surface area contributed by atoms with Crippen molar-refractivity contribution >= 4 is 35.8 Å². The molecule has 0 spiro atoms.